The number of amides is 3. The lowest BCUT2D eigenvalue weighted by Crippen LogP contribution is -2.37. The zero-order chi connectivity index (χ0) is 21.5. The van der Waals surface area contributed by atoms with Gasteiger partial charge in [-0.3, -0.25) is 9.69 Å². The Labute approximate surface area is 180 Å². The average Bonchev–Trinajstić information content (AvgIpc) is 3.09. The molecule has 0 unspecified atom stereocenters. The van der Waals surface area contributed by atoms with Crippen LogP contribution < -0.4 is 10.2 Å². The summed E-state index contributed by atoms with van der Waals surface area (Å²) in [5.41, 5.74) is 1.72. The molecule has 2 aromatic rings. The maximum absolute atomic E-state index is 12.6. The Morgan fingerprint density at radius 1 is 1.07 bits per heavy atom. The van der Waals surface area contributed by atoms with Gasteiger partial charge in [-0.2, -0.15) is 0 Å². The predicted molar refractivity (Wildman–Crippen MR) is 116 cm³/mol. The highest BCUT2D eigenvalue weighted by atomic mass is 35.5. The molecular formula is C22H24ClN3O4. The van der Waals surface area contributed by atoms with Gasteiger partial charge < -0.3 is 15.0 Å². The molecule has 3 amide bonds. The van der Waals surface area contributed by atoms with Gasteiger partial charge in [0.2, 0.25) is 5.91 Å². The first kappa shape index (κ1) is 21.6. The number of benzene rings is 2. The molecule has 1 saturated heterocycles. The second kappa shape index (κ2) is 10.1. The molecule has 0 saturated carbocycles. The van der Waals surface area contributed by atoms with E-state index >= 15 is 0 Å². The van der Waals surface area contributed by atoms with Crippen LogP contribution in [-0.4, -0.2) is 49.0 Å². The van der Waals surface area contributed by atoms with E-state index in [0.717, 1.165) is 18.5 Å². The molecule has 1 heterocycles. The first-order chi connectivity index (χ1) is 14.5. The minimum atomic E-state index is -0.383. The lowest BCUT2D eigenvalue weighted by atomic mass is 10.2. The summed E-state index contributed by atoms with van der Waals surface area (Å²) >= 11 is 5.89. The van der Waals surface area contributed by atoms with Gasteiger partial charge in [-0.1, -0.05) is 24.9 Å². The number of rotatable bonds is 8. The van der Waals surface area contributed by atoms with Crippen LogP contribution in [-0.2, 0) is 9.53 Å². The number of nitrogens with zero attached hydrogens (tertiary/aromatic N) is 2. The summed E-state index contributed by atoms with van der Waals surface area (Å²) in [5.74, 6) is -0.689. The fourth-order valence-electron chi connectivity index (χ4n) is 3.05. The molecule has 2 aromatic carbocycles. The molecule has 1 N–H and O–H groups in total. The summed E-state index contributed by atoms with van der Waals surface area (Å²) in [6.45, 7) is 3.32. The number of hydrogen-bond donors (Lipinski definition) is 1. The van der Waals surface area contributed by atoms with Crippen LogP contribution in [0.5, 0.6) is 0 Å². The minimum Gasteiger partial charge on any atom is -0.462 e. The summed E-state index contributed by atoms with van der Waals surface area (Å²) in [6, 6.07) is 13.3. The topological polar surface area (TPSA) is 79.0 Å². The van der Waals surface area contributed by atoms with Crippen molar-refractivity contribution < 1.29 is 19.1 Å². The maximum Gasteiger partial charge on any atom is 0.338 e. The molecule has 0 atom stereocenters. The van der Waals surface area contributed by atoms with E-state index in [1.807, 2.05) is 6.92 Å². The molecule has 158 valence electrons. The molecule has 0 bridgehead atoms. The van der Waals surface area contributed by atoms with Crippen LogP contribution in [0.3, 0.4) is 0 Å². The molecular weight excluding hydrogens is 406 g/mol. The van der Waals surface area contributed by atoms with Gasteiger partial charge >= 0.3 is 12.0 Å². The third-order valence-electron chi connectivity index (χ3n) is 4.70. The molecule has 8 heteroatoms. The lowest BCUT2D eigenvalue weighted by Gasteiger charge is -2.18. The number of carbonyl (C=O) groups is 3. The zero-order valence-electron chi connectivity index (χ0n) is 16.8. The van der Waals surface area contributed by atoms with E-state index in [-0.39, 0.29) is 24.5 Å². The van der Waals surface area contributed by atoms with Gasteiger partial charge in [0.15, 0.2) is 0 Å². The van der Waals surface area contributed by atoms with Crippen molar-refractivity contribution >= 4 is 40.9 Å². The molecule has 7 nitrogen and oxygen atoms in total. The van der Waals surface area contributed by atoms with E-state index in [1.165, 1.54) is 4.90 Å². The Hall–Kier alpha value is -3.06. The van der Waals surface area contributed by atoms with Gasteiger partial charge in [0.1, 0.15) is 6.54 Å². The zero-order valence-corrected chi connectivity index (χ0v) is 17.5. The van der Waals surface area contributed by atoms with E-state index in [1.54, 1.807) is 53.4 Å². The fraction of sp³-hybridized carbons (Fsp3) is 0.318. The molecule has 1 fully saturated rings. The maximum atomic E-state index is 12.6. The van der Waals surface area contributed by atoms with Gasteiger partial charge in [0, 0.05) is 29.5 Å². The van der Waals surface area contributed by atoms with Gasteiger partial charge in [0.25, 0.3) is 0 Å². The number of anilines is 2. The van der Waals surface area contributed by atoms with E-state index in [9.17, 15) is 14.4 Å². The Kier molecular flexibility index (Phi) is 7.30. The van der Waals surface area contributed by atoms with Crippen molar-refractivity contribution in [1.29, 1.82) is 0 Å². The number of esters is 1. The summed E-state index contributed by atoms with van der Waals surface area (Å²) in [7, 11) is 0. The van der Waals surface area contributed by atoms with Gasteiger partial charge in [0.05, 0.1) is 12.2 Å². The normalized spacial score (nSPS) is 13.5. The molecule has 0 aliphatic carbocycles. The van der Waals surface area contributed by atoms with Crippen molar-refractivity contribution in [3.63, 3.8) is 0 Å². The molecule has 30 heavy (non-hydrogen) atoms. The number of carbonyl (C=O) groups excluding carboxylic acids is 3. The van der Waals surface area contributed by atoms with Crippen molar-refractivity contribution in [2.45, 2.75) is 19.8 Å². The number of unbranched alkanes of at least 4 members (excludes halogenated alkanes) is 1. The largest absolute Gasteiger partial charge is 0.462 e. The van der Waals surface area contributed by atoms with E-state index in [4.69, 9.17) is 16.3 Å². The van der Waals surface area contributed by atoms with Crippen LogP contribution in [0.2, 0.25) is 5.02 Å². The van der Waals surface area contributed by atoms with Crippen LogP contribution in [0.1, 0.15) is 30.1 Å². The number of hydrogen-bond acceptors (Lipinski definition) is 4. The second-order valence-corrected chi connectivity index (χ2v) is 7.38. The van der Waals surface area contributed by atoms with Crippen LogP contribution >= 0.6 is 11.6 Å². The first-order valence-corrected chi connectivity index (χ1v) is 10.2. The molecule has 3 rings (SSSR count). The predicted octanol–water partition coefficient (Wildman–Crippen LogP) is 4.18. The van der Waals surface area contributed by atoms with Crippen molar-refractivity contribution in [3.05, 3.63) is 59.1 Å². The summed E-state index contributed by atoms with van der Waals surface area (Å²) in [5, 5.41) is 3.35. The average molecular weight is 430 g/mol. The number of urea groups is 1. The Bertz CT molecular complexity index is 900. The van der Waals surface area contributed by atoms with Gasteiger partial charge in [-0.25, -0.2) is 9.59 Å². The Morgan fingerprint density at radius 2 is 1.77 bits per heavy atom. The lowest BCUT2D eigenvalue weighted by molar-refractivity contribution is -0.116. The summed E-state index contributed by atoms with van der Waals surface area (Å²) < 4.78 is 5.16. The van der Waals surface area contributed by atoms with Crippen LogP contribution in [0, 0.1) is 0 Å². The van der Waals surface area contributed by atoms with Crippen LogP contribution in [0.25, 0.3) is 0 Å². The van der Waals surface area contributed by atoms with E-state index < -0.39 is 0 Å². The molecule has 1 aliphatic rings. The Balaban J connectivity index is 1.51. The highest BCUT2D eigenvalue weighted by Crippen LogP contribution is 2.22. The van der Waals surface area contributed by atoms with Crippen LogP contribution in [0.4, 0.5) is 16.2 Å². The first-order valence-electron chi connectivity index (χ1n) is 9.87. The summed E-state index contributed by atoms with van der Waals surface area (Å²) in [4.78, 5) is 40.0. The quantitative estimate of drug-likeness (QED) is 0.504. The highest BCUT2D eigenvalue weighted by molar-refractivity contribution is 6.30. The van der Waals surface area contributed by atoms with Crippen LogP contribution in [0.15, 0.2) is 48.5 Å². The number of nitrogens with one attached hydrogen (secondary N) is 1. The second-order valence-electron chi connectivity index (χ2n) is 6.95. The standard InChI is InChI=1S/C22H24ClN3O4/c1-2-3-14-30-21(28)16-4-8-18(9-5-16)24-20(27)15-25-12-13-26(22(25)29)19-10-6-17(23)7-11-19/h4-11H,2-3,12-15H2,1H3,(H,24,27). The van der Waals surface area contributed by atoms with Crippen molar-refractivity contribution in [3.8, 4) is 0 Å². The minimum absolute atomic E-state index is 0.0519. The van der Waals surface area contributed by atoms with Crippen molar-refractivity contribution in [2.75, 3.05) is 36.5 Å². The van der Waals surface area contributed by atoms with Gasteiger partial charge in [-0.05, 0) is 55.0 Å². The van der Waals surface area contributed by atoms with E-state index in [0.29, 0.717) is 36.0 Å². The SMILES string of the molecule is CCCCOC(=O)c1ccc(NC(=O)CN2CCN(c3ccc(Cl)cc3)C2=O)cc1. The molecule has 1 aliphatic heterocycles. The Morgan fingerprint density at radius 3 is 2.43 bits per heavy atom. The summed E-state index contributed by atoms with van der Waals surface area (Å²) in [6.07, 6.45) is 1.78. The molecule has 0 spiro atoms. The van der Waals surface area contributed by atoms with Gasteiger partial charge in [-0.15, -0.1) is 0 Å². The molecule has 0 aromatic heterocycles. The van der Waals surface area contributed by atoms with Crippen molar-refractivity contribution in [2.24, 2.45) is 0 Å². The number of halogens is 1. The third kappa shape index (κ3) is 5.51. The fourth-order valence-corrected chi connectivity index (χ4v) is 3.17. The third-order valence-corrected chi connectivity index (χ3v) is 4.96. The monoisotopic (exact) mass is 429 g/mol. The molecule has 0 radical (unpaired) electrons. The van der Waals surface area contributed by atoms with E-state index in [2.05, 4.69) is 5.32 Å². The highest BCUT2D eigenvalue weighted by Gasteiger charge is 2.30. The van der Waals surface area contributed by atoms with Crippen molar-refractivity contribution in [1.82, 2.24) is 4.90 Å². The number of ether oxygens (including phenoxy) is 1. The smallest absolute Gasteiger partial charge is 0.338 e.